The zero-order chi connectivity index (χ0) is 18.8. The minimum absolute atomic E-state index is 0.00582. The molecule has 0 radical (unpaired) electrons. The molecule has 3 nitrogen and oxygen atoms in total. The lowest BCUT2D eigenvalue weighted by molar-refractivity contribution is -0.121. The Morgan fingerprint density at radius 3 is 2.81 bits per heavy atom. The molecule has 0 bridgehead atoms. The fraction of sp³-hybridized carbons (Fsp3) is 0.238. The number of halogens is 1. The van der Waals surface area contributed by atoms with Crippen molar-refractivity contribution in [1.29, 1.82) is 0 Å². The number of aryl methyl sites for hydroxylation is 1. The van der Waals surface area contributed by atoms with E-state index in [0.29, 0.717) is 0 Å². The topological polar surface area (TPSA) is 42.0 Å². The number of thioether (sulfide) groups is 1. The number of thiazole rings is 1. The number of rotatable bonds is 4. The summed E-state index contributed by atoms with van der Waals surface area (Å²) in [7, 11) is 0. The van der Waals surface area contributed by atoms with E-state index < -0.39 is 0 Å². The van der Waals surface area contributed by atoms with Gasteiger partial charge in [0, 0.05) is 21.1 Å². The number of amides is 1. The minimum Gasteiger partial charge on any atom is -0.349 e. The first-order valence-corrected chi connectivity index (χ1v) is 10.6. The molecule has 2 heterocycles. The van der Waals surface area contributed by atoms with Crippen LogP contribution in [-0.4, -0.2) is 16.6 Å². The van der Waals surface area contributed by atoms with Gasteiger partial charge in [0.25, 0.3) is 0 Å². The number of carbonyl (C=O) groups excluding carboxylic acids is 1. The second-order valence-electron chi connectivity index (χ2n) is 6.48. The molecule has 0 saturated carbocycles. The van der Waals surface area contributed by atoms with Gasteiger partial charge in [-0.15, -0.1) is 23.1 Å². The van der Waals surface area contributed by atoms with Crippen LogP contribution in [0.25, 0.3) is 11.3 Å². The molecular formula is C21H19FN2OS2. The third-order valence-electron chi connectivity index (χ3n) is 4.54. The summed E-state index contributed by atoms with van der Waals surface area (Å²) >= 11 is 3.36. The van der Waals surface area contributed by atoms with Crippen molar-refractivity contribution in [3.8, 4) is 11.3 Å². The largest absolute Gasteiger partial charge is 0.349 e. The number of hydrogen-bond donors (Lipinski definition) is 1. The number of benzene rings is 2. The van der Waals surface area contributed by atoms with Crippen LogP contribution in [0.2, 0.25) is 0 Å². The van der Waals surface area contributed by atoms with Crippen molar-refractivity contribution >= 4 is 29.0 Å². The summed E-state index contributed by atoms with van der Waals surface area (Å²) in [6, 6.07) is 14.6. The van der Waals surface area contributed by atoms with Crippen LogP contribution >= 0.6 is 23.1 Å². The van der Waals surface area contributed by atoms with E-state index in [1.807, 2.05) is 30.8 Å². The Balaban J connectivity index is 1.52. The Kier molecular flexibility index (Phi) is 5.27. The molecule has 0 fully saturated rings. The average Bonchev–Trinajstić information content (AvgIpc) is 3.02. The van der Waals surface area contributed by atoms with E-state index in [1.165, 1.54) is 33.9 Å². The summed E-state index contributed by atoms with van der Waals surface area (Å²) in [4.78, 5) is 19.5. The van der Waals surface area contributed by atoms with Gasteiger partial charge in [-0.2, -0.15) is 0 Å². The highest BCUT2D eigenvalue weighted by Crippen LogP contribution is 2.36. The quantitative estimate of drug-likeness (QED) is 0.661. The number of carbonyl (C=O) groups is 1. The van der Waals surface area contributed by atoms with Gasteiger partial charge in [-0.1, -0.05) is 18.2 Å². The SMILES string of the molecule is Cc1nc(-c2ccc(F)cc2)c(CC(=O)NC2CCSc3ccccc32)s1. The molecule has 0 spiro atoms. The maximum Gasteiger partial charge on any atom is 0.225 e. The van der Waals surface area contributed by atoms with Crippen LogP contribution in [0.3, 0.4) is 0 Å². The number of fused-ring (bicyclic) bond motifs is 1. The van der Waals surface area contributed by atoms with E-state index in [0.717, 1.165) is 33.3 Å². The van der Waals surface area contributed by atoms with E-state index >= 15 is 0 Å². The molecule has 6 heteroatoms. The van der Waals surface area contributed by atoms with Crippen LogP contribution in [0.4, 0.5) is 4.39 Å². The second-order valence-corrected chi connectivity index (χ2v) is 8.91. The predicted molar refractivity (Wildman–Crippen MR) is 109 cm³/mol. The Hall–Kier alpha value is -2.18. The molecule has 1 amide bonds. The Labute approximate surface area is 166 Å². The molecule has 2 aromatic carbocycles. The zero-order valence-electron chi connectivity index (χ0n) is 14.9. The average molecular weight is 399 g/mol. The molecule has 1 atom stereocenters. The van der Waals surface area contributed by atoms with Crippen LogP contribution in [0.15, 0.2) is 53.4 Å². The maximum atomic E-state index is 13.2. The summed E-state index contributed by atoms with van der Waals surface area (Å²) in [6.07, 6.45) is 1.21. The van der Waals surface area contributed by atoms with Gasteiger partial charge in [-0.05, 0) is 49.2 Å². The third-order valence-corrected chi connectivity index (χ3v) is 6.63. The van der Waals surface area contributed by atoms with E-state index in [2.05, 4.69) is 22.4 Å². The number of hydrogen-bond acceptors (Lipinski definition) is 4. The van der Waals surface area contributed by atoms with E-state index in [4.69, 9.17) is 0 Å². The van der Waals surface area contributed by atoms with Crippen molar-refractivity contribution < 1.29 is 9.18 Å². The highest BCUT2D eigenvalue weighted by Gasteiger charge is 2.23. The molecule has 4 rings (SSSR count). The molecule has 3 aromatic rings. The Bertz CT molecular complexity index is 969. The number of nitrogens with one attached hydrogen (secondary N) is 1. The monoisotopic (exact) mass is 398 g/mol. The van der Waals surface area contributed by atoms with Crippen molar-refractivity contribution in [2.75, 3.05) is 5.75 Å². The first-order chi connectivity index (χ1) is 13.1. The predicted octanol–water partition coefficient (Wildman–Crippen LogP) is 5.15. The van der Waals surface area contributed by atoms with Gasteiger partial charge < -0.3 is 5.32 Å². The Morgan fingerprint density at radius 1 is 1.22 bits per heavy atom. The van der Waals surface area contributed by atoms with Crippen LogP contribution in [0.5, 0.6) is 0 Å². The van der Waals surface area contributed by atoms with Crippen molar-refractivity contribution in [3.63, 3.8) is 0 Å². The summed E-state index contributed by atoms with van der Waals surface area (Å²) in [6.45, 7) is 1.92. The standard InChI is InChI=1S/C21H19FN2OS2/c1-13-23-21(14-6-8-15(22)9-7-14)19(27-13)12-20(25)24-17-10-11-26-18-5-3-2-4-16(17)18/h2-9,17H,10-12H2,1H3,(H,24,25). The smallest absolute Gasteiger partial charge is 0.225 e. The molecule has 0 saturated heterocycles. The van der Waals surface area contributed by atoms with E-state index in [-0.39, 0.29) is 24.2 Å². The second kappa shape index (κ2) is 7.82. The summed E-state index contributed by atoms with van der Waals surface area (Å²) in [5, 5.41) is 4.09. The lowest BCUT2D eigenvalue weighted by Gasteiger charge is -2.25. The summed E-state index contributed by atoms with van der Waals surface area (Å²) < 4.78 is 13.2. The normalized spacial score (nSPS) is 16.0. The highest BCUT2D eigenvalue weighted by molar-refractivity contribution is 7.99. The molecule has 1 unspecified atom stereocenters. The van der Waals surface area contributed by atoms with Gasteiger partial charge >= 0.3 is 0 Å². The maximum absolute atomic E-state index is 13.2. The van der Waals surface area contributed by atoms with Crippen molar-refractivity contribution in [2.45, 2.75) is 30.7 Å². The van der Waals surface area contributed by atoms with E-state index in [1.54, 1.807) is 12.1 Å². The molecule has 0 aliphatic carbocycles. The minimum atomic E-state index is -0.279. The van der Waals surface area contributed by atoms with E-state index in [9.17, 15) is 9.18 Å². The van der Waals surface area contributed by atoms with Gasteiger partial charge in [0.05, 0.1) is 23.2 Å². The fourth-order valence-electron chi connectivity index (χ4n) is 3.31. The summed E-state index contributed by atoms with van der Waals surface area (Å²) in [5.74, 6) is 0.718. The van der Waals surface area contributed by atoms with Gasteiger partial charge in [0.1, 0.15) is 5.82 Å². The molecule has 1 N–H and O–H groups in total. The summed E-state index contributed by atoms with van der Waals surface area (Å²) in [5.41, 5.74) is 2.80. The first-order valence-electron chi connectivity index (χ1n) is 8.83. The van der Waals surface area contributed by atoms with Gasteiger partial charge in [0.15, 0.2) is 0 Å². The molecule has 27 heavy (non-hydrogen) atoms. The van der Waals surface area contributed by atoms with Gasteiger partial charge in [0.2, 0.25) is 5.91 Å². The first kappa shape index (κ1) is 18.2. The zero-order valence-corrected chi connectivity index (χ0v) is 16.5. The lowest BCUT2D eigenvalue weighted by atomic mass is 10.0. The molecule has 138 valence electrons. The lowest BCUT2D eigenvalue weighted by Crippen LogP contribution is -2.31. The van der Waals surface area contributed by atoms with Gasteiger partial charge in [-0.25, -0.2) is 9.37 Å². The van der Waals surface area contributed by atoms with Crippen molar-refractivity contribution in [3.05, 3.63) is 69.8 Å². The number of nitrogens with zero attached hydrogens (tertiary/aromatic N) is 1. The Morgan fingerprint density at radius 2 is 2.00 bits per heavy atom. The number of aromatic nitrogens is 1. The van der Waals surface area contributed by atoms with Crippen molar-refractivity contribution in [2.24, 2.45) is 0 Å². The van der Waals surface area contributed by atoms with Gasteiger partial charge in [-0.3, -0.25) is 4.79 Å². The molecule has 1 aromatic heterocycles. The van der Waals surface area contributed by atoms with Crippen LogP contribution in [0, 0.1) is 12.7 Å². The van der Waals surface area contributed by atoms with Crippen LogP contribution < -0.4 is 5.32 Å². The third kappa shape index (κ3) is 4.06. The molecular weight excluding hydrogens is 379 g/mol. The molecule has 1 aliphatic heterocycles. The highest BCUT2D eigenvalue weighted by atomic mass is 32.2. The molecule has 1 aliphatic rings. The van der Waals surface area contributed by atoms with Crippen LogP contribution in [-0.2, 0) is 11.2 Å². The fourth-order valence-corrected chi connectivity index (χ4v) is 5.39. The van der Waals surface area contributed by atoms with Crippen LogP contribution in [0.1, 0.15) is 27.9 Å². The van der Waals surface area contributed by atoms with Crippen molar-refractivity contribution in [1.82, 2.24) is 10.3 Å².